The summed E-state index contributed by atoms with van der Waals surface area (Å²) in [6.45, 7) is 3.38. The molecule has 1 saturated heterocycles. The second-order valence-corrected chi connectivity index (χ2v) is 8.17. The monoisotopic (exact) mass is 432 g/mol. The third kappa shape index (κ3) is 4.99. The first-order chi connectivity index (χ1) is 15.5. The first kappa shape index (κ1) is 21.6. The van der Waals surface area contributed by atoms with E-state index in [1.165, 1.54) is 0 Å². The molecule has 1 fully saturated rings. The molecule has 0 bridgehead atoms. The van der Waals surface area contributed by atoms with E-state index in [1.54, 1.807) is 11.9 Å². The second-order valence-electron chi connectivity index (χ2n) is 8.17. The summed E-state index contributed by atoms with van der Waals surface area (Å²) in [6, 6.07) is 19.0. The van der Waals surface area contributed by atoms with Crippen LogP contribution in [0.15, 0.2) is 60.7 Å². The summed E-state index contributed by atoms with van der Waals surface area (Å²) in [7, 11) is 1.74. The number of amides is 2. The van der Waals surface area contributed by atoms with Crippen LogP contribution in [0, 0.1) is 6.92 Å². The molecule has 0 radical (unpaired) electrons. The van der Waals surface area contributed by atoms with Gasteiger partial charge in [0.2, 0.25) is 0 Å². The fourth-order valence-electron chi connectivity index (χ4n) is 3.91. The SMILES string of the molecule is Cc1ccc(OCC(=O)N2CCC(c3cc(C(=O)N(C)c4ccccc4)n[nH]3)CC2)cc1. The average Bonchev–Trinajstić information content (AvgIpc) is 3.33. The van der Waals surface area contributed by atoms with E-state index in [9.17, 15) is 9.59 Å². The first-order valence-electron chi connectivity index (χ1n) is 10.9. The Morgan fingerprint density at radius 1 is 1.09 bits per heavy atom. The molecule has 32 heavy (non-hydrogen) atoms. The quantitative estimate of drug-likeness (QED) is 0.643. The molecule has 1 N–H and O–H groups in total. The van der Waals surface area contributed by atoms with Crippen LogP contribution in [0.2, 0.25) is 0 Å². The molecule has 166 valence electrons. The number of para-hydroxylation sites is 1. The number of aromatic nitrogens is 2. The highest BCUT2D eigenvalue weighted by Crippen LogP contribution is 2.27. The topological polar surface area (TPSA) is 78.5 Å². The molecule has 7 nitrogen and oxygen atoms in total. The summed E-state index contributed by atoms with van der Waals surface area (Å²) in [5.41, 5.74) is 3.32. The van der Waals surface area contributed by atoms with Crippen LogP contribution in [-0.2, 0) is 4.79 Å². The largest absolute Gasteiger partial charge is 0.484 e. The van der Waals surface area contributed by atoms with Crippen molar-refractivity contribution in [1.29, 1.82) is 0 Å². The summed E-state index contributed by atoms with van der Waals surface area (Å²) in [5.74, 6) is 0.788. The number of aryl methyl sites for hydroxylation is 1. The van der Waals surface area contributed by atoms with Gasteiger partial charge in [0, 0.05) is 37.4 Å². The molecule has 4 rings (SSSR count). The lowest BCUT2D eigenvalue weighted by Crippen LogP contribution is -2.40. The smallest absolute Gasteiger partial charge is 0.278 e. The Bertz CT molecular complexity index is 1050. The summed E-state index contributed by atoms with van der Waals surface area (Å²) in [5, 5.41) is 7.28. The molecule has 2 amide bonds. The van der Waals surface area contributed by atoms with Gasteiger partial charge in [0.05, 0.1) is 0 Å². The van der Waals surface area contributed by atoms with Crippen molar-refractivity contribution in [2.45, 2.75) is 25.7 Å². The van der Waals surface area contributed by atoms with E-state index in [1.807, 2.05) is 72.5 Å². The van der Waals surface area contributed by atoms with Gasteiger partial charge in [0.15, 0.2) is 12.3 Å². The zero-order valence-corrected chi connectivity index (χ0v) is 18.5. The van der Waals surface area contributed by atoms with Crippen LogP contribution in [0.4, 0.5) is 5.69 Å². The van der Waals surface area contributed by atoms with Gasteiger partial charge in [-0.2, -0.15) is 5.10 Å². The minimum Gasteiger partial charge on any atom is -0.484 e. The van der Waals surface area contributed by atoms with Crippen molar-refractivity contribution in [1.82, 2.24) is 15.1 Å². The van der Waals surface area contributed by atoms with Crippen LogP contribution in [0.5, 0.6) is 5.75 Å². The van der Waals surface area contributed by atoms with E-state index in [2.05, 4.69) is 10.2 Å². The van der Waals surface area contributed by atoms with Crippen LogP contribution in [0.1, 0.15) is 40.5 Å². The van der Waals surface area contributed by atoms with Crippen molar-refractivity contribution in [3.05, 3.63) is 77.6 Å². The van der Waals surface area contributed by atoms with E-state index < -0.39 is 0 Å². The normalized spacial score (nSPS) is 14.2. The molecule has 2 aromatic carbocycles. The highest BCUT2D eigenvalue weighted by atomic mass is 16.5. The Kier molecular flexibility index (Phi) is 6.54. The number of carbonyl (C=O) groups excluding carboxylic acids is 2. The van der Waals surface area contributed by atoms with Crippen molar-refractivity contribution >= 4 is 17.5 Å². The van der Waals surface area contributed by atoms with Crippen molar-refractivity contribution in [2.75, 3.05) is 31.6 Å². The molecular weight excluding hydrogens is 404 g/mol. The number of piperidine rings is 1. The fourth-order valence-corrected chi connectivity index (χ4v) is 3.91. The summed E-state index contributed by atoms with van der Waals surface area (Å²) in [6.07, 6.45) is 1.64. The van der Waals surface area contributed by atoms with Crippen LogP contribution in [-0.4, -0.2) is 53.7 Å². The Labute approximate surface area is 188 Å². The van der Waals surface area contributed by atoms with Gasteiger partial charge in [-0.05, 0) is 50.1 Å². The summed E-state index contributed by atoms with van der Waals surface area (Å²) < 4.78 is 5.63. The highest BCUT2D eigenvalue weighted by Gasteiger charge is 2.26. The van der Waals surface area contributed by atoms with Gasteiger partial charge >= 0.3 is 0 Å². The molecule has 0 aliphatic carbocycles. The maximum absolute atomic E-state index is 12.8. The van der Waals surface area contributed by atoms with Gasteiger partial charge < -0.3 is 14.5 Å². The Hall–Kier alpha value is -3.61. The standard InChI is InChI=1S/C25H28N4O3/c1-18-8-10-21(11-9-18)32-17-24(30)29-14-12-19(13-15-29)22-16-23(27-26-22)25(31)28(2)20-6-4-3-5-7-20/h3-11,16,19H,12-15,17H2,1-2H3,(H,26,27). The molecule has 1 aliphatic heterocycles. The fraction of sp³-hybridized carbons (Fsp3) is 0.320. The zero-order valence-electron chi connectivity index (χ0n) is 18.5. The summed E-state index contributed by atoms with van der Waals surface area (Å²) >= 11 is 0. The maximum atomic E-state index is 12.8. The number of rotatable bonds is 6. The third-order valence-corrected chi connectivity index (χ3v) is 5.94. The second kappa shape index (κ2) is 9.68. The predicted molar refractivity (Wildman–Crippen MR) is 123 cm³/mol. The number of likely N-dealkylation sites (tertiary alicyclic amines) is 1. The molecule has 3 aromatic rings. The number of H-pyrrole nitrogens is 1. The molecule has 7 heteroatoms. The molecular formula is C25H28N4O3. The lowest BCUT2D eigenvalue weighted by molar-refractivity contribution is -0.134. The van der Waals surface area contributed by atoms with Crippen LogP contribution < -0.4 is 9.64 Å². The van der Waals surface area contributed by atoms with Gasteiger partial charge in [-0.25, -0.2) is 0 Å². The molecule has 0 atom stereocenters. The highest BCUT2D eigenvalue weighted by molar-refractivity contribution is 6.04. The number of nitrogens with one attached hydrogen (secondary N) is 1. The number of carbonyl (C=O) groups is 2. The van der Waals surface area contributed by atoms with E-state index in [-0.39, 0.29) is 24.3 Å². The number of nitrogens with zero attached hydrogens (tertiary/aromatic N) is 3. The zero-order chi connectivity index (χ0) is 22.5. The molecule has 0 unspecified atom stereocenters. The number of anilines is 1. The van der Waals surface area contributed by atoms with Gasteiger partial charge in [0.1, 0.15) is 5.75 Å². The van der Waals surface area contributed by atoms with E-state index in [4.69, 9.17) is 4.74 Å². The van der Waals surface area contributed by atoms with Crippen molar-refractivity contribution in [3.63, 3.8) is 0 Å². The average molecular weight is 433 g/mol. The van der Waals surface area contributed by atoms with E-state index in [0.717, 1.165) is 29.8 Å². The van der Waals surface area contributed by atoms with Crippen LogP contribution in [0.25, 0.3) is 0 Å². The lowest BCUT2D eigenvalue weighted by atomic mass is 9.93. The Morgan fingerprint density at radius 2 is 1.78 bits per heavy atom. The van der Waals surface area contributed by atoms with Crippen molar-refractivity contribution in [3.8, 4) is 5.75 Å². The number of aromatic amines is 1. The lowest BCUT2D eigenvalue weighted by Gasteiger charge is -2.31. The van der Waals surface area contributed by atoms with Gasteiger partial charge in [0.25, 0.3) is 11.8 Å². The van der Waals surface area contributed by atoms with Gasteiger partial charge in [-0.15, -0.1) is 0 Å². The first-order valence-corrected chi connectivity index (χ1v) is 10.9. The molecule has 1 aliphatic rings. The van der Waals surface area contributed by atoms with Crippen LogP contribution >= 0.6 is 0 Å². The number of ether oxygens (including phenoxy) is 1. The maximum Gasteiger partial charge on any atom is 0.278 e. The van der Waals surface area contributed by atoms with Crippen LogP contribution in [0.3, 0.4) is 0 Å². The number of hydrogen-bond donors (Lipinski definition) is 1. The Morgan fingerprint density at radius 3 is 2.47 bits per heavy atom. The molecule has 1 aromatic heterocycles. The minimum atomic E-state index is -0.153. The van der Waals surface area contributed by atoms with Gasteiger partial charge in [-0.1, -0.05) is 35.9 Å². The van der Waals surface area contributed by atoms with E-state index >= 15 is 0 Å². The molecule has 0 saturated carbocycles. The third-order valence-electron chi connectivity index (χ3n) is 5.94. The number of hydrogen-bond acceptors (Lipinski definition) is 4. The van der Waals surface area contributed by atoms with Gasteiger partial charge in [-0.3, -0.25) is 14.7 Å². The molecule has 0 spiro atoms. The Balaban J connectivity index is 1.29. The minimum absolute atomic E-state index is 0.00557. The predicted octanol–water partition coefficient (Wildman–Crippen LogP) is 3.78. The number of benzene rings is 2. The van der Waals surface area contributed by atoms with Crippen molar-refractivity contribution in [2.24, 2.45) is 0 Å². The van der Waals surface area contributed by atoms with Crippen molar-refractivity contribution < 1.29 is 14.3 Å². The summed E-state index contributed by atoms with van der Waals surface area (Å²) in [4.78, 5) is 28.7. The molecule has 2 heterocycles. The van der Waals surface area contributed by atoms with E-state index in [0.29, 0.717) is 24.5 Å².